The van der Waals surface area contributed by atoms with Crippen molar-refractivity contribution >= 4 is 0 Å². The largest absolute Gasteiger partial charge is 0.380 e. The Morgan fingerprint density at radius 1 is 1.33 bits per heavy atom. The van der Waals surface area contributed by atoms with Crippen LogP contribution >= 0.6 is 0 Å². The molecule has 0 aromatic carbocycles. The highest BCUT2D eigenvalue weighted by Gasteiger charge is 2.36. The molecule has 108 valence electrons. The molecule has 18 heavy (non-hydrogen) atoms. The van der Waals surface area contributed by atoms with E-state index in [-0.39, 0.29) is 5.54 Å². The zero-order chi connectivity index (χ0) is 13.6. The van der Waals surface area contributed by atoms with E-state index in [1.807, 2.05) is 0 Å². The fourth-order valence-corrected chi connectivity index (χ4v) is 2.80. The number of ether oxygens (including phenoxy) is 1. The van der Waals surface area contributed by atoms with Gasteiger partial charge in [-0.1, -0.05) is 20.8 Å². The molecule has 0 atom stereocenters. The van der Waals surface area contributed by atoms with E-state index in [9.17, 15) is 0 Å². The maximum Gasteiger partial charge on any atom is 0.0593 e. The van der Waals surface area contributed by atoms with Crippen LogP contribution in [0, 0.1) is 11.8 Å². The van der Waals surface area contributed by atoms with E-state index in [0.29, 0.717) is 5.92 Å². The average Bonchev–Trinajstić information content (AvgIpc) is 2.35. The van der Waals surface area contributed by atoms with Gasteiger partial charge in [0.05, 0.1) is 6.61 Å². The predicted octanol–water partition coefficient (Wildman–Crippen LogP) is 2.50. The van der Waals surface area contributed by atoms with Crippen LogP contribution in [0.15, 0.2) is 0 Å². The van der Waals surface area contributed by atoms with Crippen molar-refractivity contribution in [2.75, 3.05) is 33.4 Å². The SMILES string of the molecule is CC(C)COCCN(C)C1(CN)CCC(C)CC1. The number of nitrogens with zero attached hydrogens (tertiary/aromatic N) is 1. The van der Waals surface area contributed by atoms with E-state index < -0.39 is 0 Å². The molecule has 0 unspecified atom stereocenters. The molecule has 1 saturated carbocycles. The predicted molar refractivity (Wildman–Crippen MR) is 77.7 cm³/mol. The molecule has 0 bridgehead atoms. The van der Waals surface area contributed by atoms with Crippen molar-refractivity contribution in [3.8, 4) is 0 Å². The van der Waals surface area contributed by atoms with Gasteiger partial charge in [-0.25, -0.2) is 0 Å². The van der Waals surface area contributed by atoms with Crippen LogP contribution in [0.2, 0.25) is 0 Å². The van der Waals surface area contributed by atoms with Gasteiger partial charge in [-0.05, 0) is 44.6 Å². The molecule has 0 saturated heterocycles. The zero-order valence-corrected chi connectivity index (χ0v) is 12.7. The first-order chi connectivity index (χ1) is 8.50. The lowest BCUT2D eigenvalue weighted by Gasteiger charge is -2.45. The summed E-state index contributed by atoms with van der Waals surface area (Å²) in [5, 5.41) is 0. The molecule has 0 amide bonds. The molecule has 0 aliphatic heterocycles. The summed E-state index contributed by atoms with van der Waals surface area (Å²) in [5.74, 6) is 1.49. The second-order valence-corrected chi connectivity index (χ2v) is 6.50. The third-order valence-corrected chi connectivity index (χ3v) is 4.42. The summed E-state index contributed by atoms with van der Waals surface area (Å²) >= 11 is 0. The van der Waals surface area contributed by atoms with E-state index in [0.717, 1.165) is 32.2 Å². The highest BCUT2D eigenvalue weighted by molar-refractivity contribution is 4.94. The quantitative estimate of drug-likeness (QED) is 0.711. The molecule has 0 aromatic heterocycles. The van der Waals surface area contributed by atoms with Crippen LogP contribution in [0.5, 0.6) is 0 Å². The van der Waals surface area contributed by atoms with Crippen molar-refractivity contribution in [3.05, 3.63) is 0 Å². The van der Waals surface area contributed by atoms with E-state index in [1.54, 1.807) is 0 Å². The van der Waals surface area contributed by atoms with Gasteiger partial charge in [0.2, 0.25) is 0 Å². The molecule has 1 aliphatic carbocycles. The Kier molecular flexibility index (Phi) is 6.61. The molecular weight excluding hydrogens is 224 g/mol. The molecule has 1 rings (SSSR count). The number of hydrogen-bond acceptors (Lipinski definition) is 3. The Morgan fingerprint density at radius 2 is 1.94 bits per heavy atom. The van der Waals surface area contributed by atoms with Gasteiger partial charge in [0.1, 0.15) is 0 Å². The minimum Gasteiger partial charge on any atom is -0.380 e. The molecule has 1 fully saturated rings. The van der Waals surface area contributed by atoms with Crippen molar-refractivity contribution in [3.63, 3.8) is 0 Å². The van der Waals surface area contributed by atoms with Crippen LogP contribution in [-0.4, -0.2) is 43.8 Å². The van der Waals surface area contributed by atoms with E-state index >= 15 is 0 Å². The van der Waals surface area contributed by atoms with Gasteiger partial charge in [0.25, 0.3) is 0 Å². The Labute approximate surface area is 113 Å². The molecule has 3 nitrogen and oxygen atoms in total. The summed E-state index contributed by atoms with van der Waals surface area (Å²) in [5.41, 5.74) is 6.28. The zero-order valence-electron chi connectivity index (χ0n) is 12.7. The molecule has 2 N–H and O–H groups in total. The van der Waals surface area contributed by atoms with Crippen molar-refractivity contribution in [1.82, 2.24) is 4.90 Å². The van der Waals surface area contributed by atoms with E-state index in [1.165, 1.54) is 25.7 Å². The standard InChI is InChI=1S/C15H32N2O/c1-13(2)11-18-10-9-17(4)15(12-16)7-5-14(3)6-8-15/h13-14H,5-12,16H2,1-4H3. The Morgan fingerprint density at radius 3 is 2.44 bits per heavy atom. The molecule has 1 aliphatic rings. The van der Waals surface area contributed by atoms with Gasteiger partial charge in [-0.15, -0.1) is 0 Å². The summed E-state index contributed by atoms with van der Waals surface area (Å²) in [4.78, 5) is 2.44. The number of hydrogen-bond donors (Lipinski definition) is 1. The Bertz CT molecular complexity index is 223. The first kappa shape index (κ1) is 15.9. The highest BCUT2D eigenvalue weighted by Crippen LogP contribution is 2.34. The monoisotopic (exact) mass is 256 g/mol. The highest BCUT2D eigenvalue weighted by atomic mass is 16.5. The maximum atomic E-state index is 6.05. The number of likely N-dealkylation sites (N-methyl/N-ethyl adjacent to an activating group) is 1. The summed E-state index contributed by atoms with van der Waals surface area (Å²) < 4.78 is 5.68. The topological polar surface area (TPSA) is 38.5 Å². The van der Waals surface area contributed by atoms with Gasteiger partial charge in [-0.3, -0.25) is 4.90 Å². The summed E-state index contributed by atoms with van der Waals surface area (Å²) in [6.07, 6.45) is 5.11. The van der Waals surface area contributed by atoms with Crippen molar-refractivity contribution in [2.24, 2.45) is 17.6 Å². The van der Waals surface area contributed by atoms with Crippen LogP contribution in [0.25, 0.3) is 0 Å². The van der Waals surface area contributed by atoms with Crippen LogP contribution in [0.4, 0.5) is 0 Å². The lowest BCUT2D eigenvalue weighted by Crippen LogP contribution is -2.54. The first-order valence-electron chi connectivity index (χ1n) is 7.49. The van der Waals surface area contributed by atoms with Crippen LogP contribution < -0.4 is 5.73 Å². The lowest BCUT2D eigenvalue weighted by atomic mass is 9.76. The molecule has 0 radical (unpaired) electrons. The van der Waals surface area contributed by atoms with Crippen LogP contribution in [0.1, 0.15) is 46.5 Å². The van der Waals surface area contributed by atoms with E-state index in [4.69, 9.17) is 10.5 Å². The van der Waals surface area contributed by atoms with Gasteiger partial charge < -0.3 is 10.5 Å². The Hall–Kier alpha value is -0.120. The second kappa shape index (κ2) is 7.46. The lowest BCUT2D eigenvalue weighted by molar-refractivity contribution is 0.0284. The van der Waals surface area contributed by atoms with E-state index in [2.05, 4.69) is 32.7 Å². The summed E-state index contributed by atoms with van der Waals surface area (Å²) in [6, 6.07) is 0. The van der Waals surface area contributed by atoms with Crippen LogP contribution in [-0.2, 0) is 4.74 Å². The molecular formula is C15H32N2O. The van der Waals surface area contributed by atoms with Gasteiger partial charge in [-0.2, -0.15) is 0 Å². The minimum absolute atomic E-state index is 0.230. The normalized spacial score (nSPS) is 29.2. The molecule has 0 spiro atoms. The maximum absolute atomic E-state index is 6.05. The smallest absolute Gasteiger partial charge is 0.0593 e. The molecule has 0 aromatic rings. The van der Waals surface area contributed by atoms with Gasteiger partial charge in [0, 0.05) is 25.2 Å². The fraction of sp³-hybridized carbons (Fsp3) is 1.00. The Balaban J connectivity index is 2.35. The minimum atomic E-state index is 0.230. The van der Waals surface area contributed by atoms with Crippen molar-refractivity contribution in [2.45, 2.75) is 52.0 Å². The molecule has 3 heteroatoms. The summed E-state index contributed by atoms with van der Waals surface area (Å²) in [6.45, 7) is 10.2. The van der Waals surface area contributed by atoms with Gasteiger partial charge >= 0.3 is 0 Å². The fourth-order valence-electron chi connectivity index (χ4n) is 2.80. The number of rotatable bonds is 7. The number of nitrogens with two attached hydrogens (primary N) is 1. The third-order valence-electron chi connectivity index (χ3n) is 4.42. The second-order valence-electron chi connectivity index (χ2n) is 6.50. The molecule has 0 heterocycles. The average molecular weight is 256 g/mol. The third kappa shape index (κ3) is 4.52. The van der Waals surface area contributed by atoms with Crippen molar-refractivity contribution in [1.29, 1.82) is 0 Å². The first-order valence-corrected chi connectivity index (χ1v) is 7.49. The summed E-state index contributed by atoms with van der Waals surface area (Å²) in [7, 11) is 2.21. The van der Waals surface area contributed by atoms with Crippen molar-refractivity contribution < 1.29 is 4.74 Å². The van der Waals surface area contributed by atoms with Crippen LogP contribution in [0.3, 0.4) is 0 Å². The van der Waals surface area contributed by atoms with Gasteiger partial charge in [0.15, 0.2) is 0 Å².